The van der Waals surface area contributed by atoms with Crippen LogP contribution < -0.4 is 5.73 Å². The van der Waals surface area contributed by atoms with Gasteiger partial charge < -0.3 is 15.6 Å². The molecule has 2 rings (SSSR count). The van der Waals surface area contributed by atoms with E-state index in [0.717, 1.165) is 11.1 Å². The lowest BCUT2D eigenvalue weighted by Gasteiger charge is -2.11. The fraction of sp³-hybridized carbons (Fsp3) is 0.429. The Hall–Kier alpha value is -1.88. The second kappa shape index (κ2) is 5.84. The second-order valence-corrected chi connectivity index (χ2v) is 4.76. The highest BCUT2D eigenvalue weighted by molar-refractivity contribution is 5.95. The van der Waals surface area contributed by atoms with E-state index in [1.807, 2.05) is 31.2 Å². The number of hydrogen-bond donors (Lipinski definition) is 2. The first kappa shape index (κ1) is 13.5. The van der Waals surface area contributed by atoms with Crippen LogP contribution in [0.2, 0.25) is 0 Å². The summed E-state index contributed by atoms with van der Waals surface area (Å²) in [4.78, 5) is 14.9. The first-order valence-electron chi connectivity index (χ1n) is 6.34. The summed E-state index contributed by atoms with van der Waals surface area (Å²) in [5, 5.41) is 8.63. The Morgan fingerprint density at radius 1 is 1.53 bits per heavy atom. The first-order chi connectivity index (χ1) is 9.06. The topological polar surface area (TPSA) is 84.9 Å². The smallest absolute Gasteiger partial charge is 0.303 e. The average Bonchev–Trinajstić information content (AvgIpc) is 2.83. The molecule has 5 nitrogen and oxygen atoms in total. The van der Waals surface area contributed by atoms with Crippen LogP contribution in [0.1, 0.15) is 36.9 Å². The van der Waals surface area contributed by atoms with Crippen molar-refractivity contribution in [3.05, 3.63) is 35.4 Å². The fourth-order valence-corrected chi connectivity index (χ4v) is 1.95. The number of carboxylic acids is 1. The molecule has 0 aromatic heterocycles. The van der Waals surface area contributed by atoms with Crippen molar-refractivity contribution in [3.8, 4) is 0 Å². The molecule has 19 heavy (non-hydrogen) atoms. The minimum absolute atomic E-state index is 0.0796. The Kier molecular flexibility index (Phi) is 4.16. The number of ether oxygens (including phenoxy) is 1. The minimum atomic E-state index is -0.824. The van der Waals surface area contributed by atoms with Crippen molar-refractivity contribution >= 4 is 11.9 Å². The van der Waals surface area contributed by atoms with Gasteiger partial charge >= 0.3 is 5.97 Å². The van der Waals surface area contributed by atoms with Gasteiger partial charge in [-0.1, -0.05) is 12.1 Å². The number of aliphatic carboxylic acids is 1. The molecule has 1 heterocycles. The lowest BCUT2D eigenvalue weighted by Crippen LogP contribution is -2.12. The van der Waals surface area contributed by atoms with Gasteiger partial charge in [0, 0.05) is 18.0 Å². The van der Waals surface area contributed by atoms with Gasteiger partial charge in [-0.25, -0.2) is 4.99 Å². The summed E-state index contributed by atoms with van der Waals surface area (Å²) in [7, 11) is 0. The highest BCUT2D eigenvalue weighted by Gasteiger charge is 2.16. The van der Waals surface area contributed by atoms with Crippen LogP contribution in [0.3, 0.4) is 0 Å². The number of carbonyl (C=O) groups is 1. The van der Waals surface area contributed by atoms with E-state index in [1.165, 1.54) is 0 Å². The van der Waals surface area contributed by atoms with Gasteiger partial charge in [0.25, 0.3) is 0 Å². The molecule has 1 aliphatic heterocycles. The van der Waals surface area contributed by atoms with Crippen molar-refractivity contribution in [1.82, 2.24) is 0 Å². The SMILES string of the molecule is CC1COC(c2ccc(C(N)CCC(=O)O)cc2)=N1. The van der Waals surface area contributed by atoms with E-state index in [1.54, 1.807) is 0 Å². The van der Waals surface area contributed by atoms with Crippen molar-refractivity contribution in [1.29, 1.82) is 0 Å². The molecule has 2 atom stereocenters. The maximum absolute atomic E-state index is 10.5. The molecule has 102 valence electrons. The fourth-order valence-electron chi connectivity index (χ4n) is 1.95. The molecule has 0 amide bonds. The van der Waals surface area contributed by atoms with Crippen molar-refractivity contribution in [2.45, 2.75) is 31.8 Å². The van der Waals surface area contributed by atoms with Gasteiger partial charge in [0.15, 0.2) is 0 Å². The standard InChI is InChI=1S/C14H18N2O3/c1-9-8-19-14(16-9)11-4-2-10(3-5-11)12(15)6-7-13(17)18/h2-5,9,12H,6-8,15H2,1H3,(H,17,18). The number of benzene rings is 1. The minimum Gasteiger partial charge on any atom is -0.481 e. The van der Waals surface area contributed by atoms with E-state index in [9.17, 15) is 4.79 Å². The Morgan fingerprint density at radius 2 is 2.21 bits per heavy atom. The number of hydrogen-bond acceptors (Lipinski definition) is 4. The lowest BCUT2D eigenvalue weighted by atomic mass is 10.0. The van der Waals surface area contributed by atoms with Crippen molar-refractivity contribution in [2.24, 2.45) is 10.7 Å². The summed E-state index contributed by atoms with van der Waals surface area (Å²) in [6.07, 6.45) is 0.513. The molecule has 3 N–H and O–H groups in total. The van der Waals surface area contributed by atoms with Crippen LogP contribution in [0.25, 0.3) is 0 Å². The van der Waals surface area contributed by atoms with E-state index in [-0.39, 0.29) is 18.5 Å². The van der Waals surface area contributed by atoms with Gasteiger partial charge in [0.1, 0.15) is 6.61 Å². The van der Waals surface area contributed by atoms with Crippen LogP contribution in [0.4, 0.5) is 0 Å². The molecule has 0 radical (unpaired) electrons. The molecule has 1 aromatic rings. The highest BCUT2D eigenvalue weighted by atomic mass is 16.5. The second-order valence-electron chi connectivity index (χ2n) is 4.76. The summed E-state index contributed by atoms with van der Waals surface area (Å²) in [5.74, 6) is -0.159. The largest absolute Gasteiger partial charge is 0.481 e. The summed E-state index contributed by atoms with van der Waals surface area (Å²) < 4.78 is 5.47. The number of nitrogens with zero attached hydrogens (tertiary/aromatic N) is 1. The number of rotatable bonds is 5. The van der Waals surface area contributed by atoms with E-state index in [0.29, 0.717) is 18.9 Å². The summed E-state index contributed by atoms with van der Waals surface area (Å²) in [5.41, 5.74) is 7.80. The molecular formula is C14H18N2O3. The predicted molar refractivity (Wildman–Crippen MR) is 72.2 cm³/mol. The van der Waals surface area contributed by atoms with Gasteiger partial charge in [0.05, 0.1) is 6.04 Å². The van der Waals surface area contributed by atoms with E-state index in [2.05, 4.69) is 4.99 Å². The monoisotopic (exact) mass is 262 g/mol. The number of aliphatic imine (C=N–C) groups is 1. The molecular weight excluding hydrogens is 244 g/mol. The van der Waals surface area contributed by atoms with Crippen LogP contribution in [0.15, 0.2) is 29.3 Å². The maximum atomic E-state index is 10.5. The predicted octanol–water partition coefficient (Wildman–Crippen LogP) is 1.72. The van der Waals surface area contributed by atoms with Gasteiger partial charge in [0.2, 0.25) is 5.90 Å². The van der Waals surface area contributed by atoms with Crippen molar-refractivity contribution in [2.75, 3.05) is 6.61 Å². The Bertz CT molecular complexity index is 482. The molecule has 5 heteroatoms. The van der Waals surface area contributed by atoms with E-state index in [4.69, 9.17) is 15.6 Å². The molecule has 1 aromatic carbocycles. The van der Waals surface area contributed by atoms with E-state index >= 15 is 0 Å². The molecule has 1 aliphatic rings. The number of nitrogens with two attached hydrogens (primary N) is 1. The van der Waals surface area contributed by atoms with Gasteiger partial charge in [-0.15, -0.1) is 0 Å². The van der Waals surface area contributed by atoms with Gasteiger partial charge in [-0.3, -0.25) is 4.79 Å². The zero-order valence-corrected chi connectivity index (χ0v) is 10.9. The zero-order chi connectivity index (χ0) is 13.8. The van der Waals surface area contributed by atoms with Crippen LogP contribution in [-0.2, 0) is 9.53 Å². The Labute approximate surface area is 112 Å². The zero-order valence-electron chi connectivity index (χ0n) is 10.9. The third kappa shape index (κ3) is 3.54. The van der Waals surface area contributed by atoms with Crippen LogP contribution >= 0.6 is 0 Å². The molecule has 0 aliphatic carbocycles. The maximum Gasteiger partial charge on any atom is 0.303 e. The van der Waals surface area contributed by atoms with Crippen molar-refractivity contribution < 1.29 is 14.6 Å². The molecule has 2 unspecified atom stereocenters. The van der Waals surface area contributed by atoms with Crippen LogP contribution in [0, 0.1) is 0 Å². The molecule has 0 saturated heterocycles. The average molecular weight is 262 g/mol. The summed E-state index contributed by atoms with van der Waals surface area (Å²) >= 11 is 0. The molecule has 0 bridgehead atoms. The molecule has 0 saturated carbocycles. The normalized spacial score (nSPS) is 19.7. The molecule has 0 fully saturated rings. The van der Waals surface area contributed by atoms with Crippen LogP contribution in [0.5, 0.6) is 0 Å². The molecule has 0 spiro atoms. The lowest BCUT2D eigenvalue weighted by molar-refractivity contribution is -0.137. The summed E-state index contributed by atoms with van der Waals surface area (Å²) in [6.45, 7) is 2.62. The Morgan fingerprint density at radius 3 is 2.74 bits per heavy atom. The third-order valence-electron chi connectivity index (χ3n) is 3.05. The Balaban J connectivity index is 2.02. The van der Waals surface area contributed by atoms with Crippen molar-refractivity contribution in [3.63, 3.8) is 0 Å². The van der Waals surface area contributed by atoms with Gasteiger partial charge in [-0.05, 0) is 31.0 Å². The van der Waals surface area contributed by atoms with E-state index < -0.39 is 5.97 Å². The van der Waals surface area contributed by atoms with Crippen LogP contribution in [-0.4, -0.2) is 29.6 Å². The third-order valence-corrected chi connectivity index (χ3v) is 3.05. The summed E-state index contributed by atoms with van der Waals surface area (Å²) in [6, 6.07) is 7.57. The first-order valence-corrected chi connectivity index (χ1v) is 6.34. The van der Waals surface area contributed by atoms with Gasteiger partial charge in [-0.2, -0.15) is 0 Å². The highest BCUT2D eigenvalue weighted by Crippen LogP contribution is 2.18. The quantitative estimate of drug-likeness (QED) is 0.846. The number of carboxylic acid groups (broad SMARTS) is 1.